The van der Waals surface area contributed by atoms with Crippen molar-refractivity contribution < 1.29 is 0 Å². The topological polar surface area (TPSA) is 66.7 Å². The molecule has 672 valence electrons. The van der Waals surface area contributed by atoms with Gasteiger partial charge in [-0.1, -0.05) is 309 Å². The van der Waals surface area contributed by atoms with Crippen molar-refractivity contribution in [2.24, 2.45) is 0 Å². The van der Waals surface area contributed by atoms with Crippen molar-refractivity contribution in [2.45, 2.75) is 0 Å². The smallest absolute Gasteiger partial charge is 0.146 e. The molecule has 0 radical (unpaired) electrons. The Labute approximate surface area is 833 Å². The maximum Gasteiger partial charge on any atom is 0.146 e. The second-order valence-electron chi connectivity index (χ2n) is 38.4. The molecule has 0 aliphatic heterocycles. The fourth-order valence-electron chi connectivity index (χ4n) is 23.9. The van der Waals surface area contributed by atoms with Crippen LogP contribution in [0.1, 0.15) is 0 Å². The molecule has 0 aliphatic rings. The number of imidazole rings is 3. The van der Waals surface area contributed by atoms with Crippen LogP contribution in [-0.2, 0) is 0 Å². The third-order valence-corrected chi connectivity index (χ3v) is 31.7. The Balaban J connectivity index is 0.0000000993. The first-order chi connectivity index (χ1) is 71.9. The molecule has 0 spiro atoms. The quantitative estimate of drug-likeness (QED) is 0.118. The molecule has 0 atom stereocenters. The van der Waals surface area contributed by atoms with Crippen molar-refractivity contribution in [2.75, 3.05) is 0 Å². The van der Waals surface area contributed by atoms with Crippen LogP contribution in [0.15, 0.2) is 491 Å². The van der Waals surface area contributed by atoms with Crippen LogP contribution >= 0.6 is 11.3 Å². The summed E-state index contributed by atoms with van der Waals surface area (Å²) in [5.74, 6) is 0. The molecule has 0 bridgehead atoms. The minimum atomic E-state index is 0.989. The highest BCUT2D eigenvalue weighted by atomic mass is 32.1. The molecule has 10 heterocycles. The molecule has 33 aromatic rings. The molecule has 0 amide bonds. The molecule has 0 fully saturated rings. The molecular weight excluding hydrogens is 1780 g/mol. The van der Waals surface area contributed by atoms with Crippen molar-refractivity contribution in [1.29, 1.82) is 0 Å². The molecule has 0 aliphatic carbocycles. The van der Waals surface area contributed by atoms with E-state index in [0.717, 1.165) is 72.3 Å². The van der Waals surface area contributed by atoms with Gasteiger partial charge in [-0.25, -0.2) is 15.0 Å². The van der Waals surface area contributed by atoms with Crippen molar-refractivity contribution in [3.63, 3.8) is 0 Å². The van der Waals surface area contributed by atoms with Crippen molar-refractivity contribution >= 4 is 244 Å². The summed E-state index contributed by atoms with van der Waals surface area (Å²) in [6, 6.07) is 179. The van der Waals surface area contributed by atoms with E-state index in [1.807, 2.05) is 11.3 Å². The molecule has 23 aromatic carbocycles. The number of hydrogen-bond acceptors (Lipinski definition) is 4. The van der Waals surface area contributed by atoms with Gasteiger partial charge in [0.25, 0.3) is 0 Å². The van der Waals surface area contributed by atoms with Crippen molar-refractivity contribution in [1.82, 2.24) is 41.9 Å². The van der Waals surface area contributed by atoms with Crippen LogP contribution in [0.2, 0.25) is 0 Å². The van der Waals surface area contributed by atoms with Crippen LogP contribution in [0.5, 0.6) is 0 Å². The number of para-hydroxylation sites is 11. The van der Waals surface area contributed by atoms with Gasteiger partial charge in [-0.05, 0) is 275 Å². The first kappa shape index (κ1) is 80.8. The normalized spacial score (nSPS) is 12.1. The van der Waals surface area contributed by atoms with Crippen LogP contribution in [0.3, 0.4) is 0 Å². The minimum Gasteiger partial charge on any atom is -0.309 e. The maximum atomic E-state index is 5.20. The Morgan fingerprint density at radius 1 is 0.159 bits per heavy atom. The molecule has 145 heavy (non-hydrogen) atoms. The van der Waals surface area contributed by atoms with Gasteiger partial charge in [0, 0.05) is 102 Å². The van der Waals surface area contributed by atoms with E-state index < -0.39 is 0 Å². The highest BCUT2D eigenvalue weighted by Crippen LogP contribution is 2.49. The van der Waals surface area contributed by atoms with Gasteiger partial charge < -0.3 is 13.7 Å². The zero-order valence-corrected chi connectivity index (χ0v) is 79.0. The van der Waals surface area contributed by atoms with E-state index in [0.29, 0.717) is 0 Å². The van der Waals surface area contributed by atoms with Gasteiger partial charge in [0.05, 0.1) is 82.8 Å². The molecule has 10 aromatic heterocycles. The monoisotopic (exact) mass is 1860 g/mol. The summed E-state index contributed by atoms with van der Waals surface area (Å²) in [6.07, 6.45) is 0. The Morgan fingerprint density at radius 3 is 0.952 bits per heavy atom. The predicted molar refractivity (Wildman–Crippen MR) is 613 cm³/mol. The highest BCUT2D eigenvalue weighted by Gasteiger charge is 2.27. The lowest BCUT2D eigenvalue weighted by Crippen LogP contribution is -1.99. The number of thiophene rings is 1. The van der Waals surface area contributed by atoms with E-state index in [2.05, 4.69) is 518 Å². The van der Waals surface area contributed by atoms with Crippen LogP contribution < -0.4 is 0 Å². The zero-order chi connectivity index (χ0) is 94.7. The summed E-state index contributed by atoms with van der Waals surface area (Å²) in [5.41, 5.74) is 33.4. The summed E-state index contributed by atoms with van der Waals surface area (Å²) >= 11 is 1.88. The molecule has 0 N–H and O–H groups in total. The second-order valence-corrected chi connectivity index (χ2v) is 39.5. The van der Waals surface area contributed by atoms with Gasteiger partial charge in [-0.15, -0.1) is 11.3 Å². The van der Waals surface area contributed by atoms with Crippen LogP contribution in [0.4, 0.5) is 0 Å². The lowest BCUT2D eigenvalue weighted by Gasteiger charge is -2.15. The zero-order valence-electron chi connectivity index (χ0n) is 78.2. The summed E-state index contributed by atoms with van der Waals surface area (Å²) in [7, 11) is 0. The summed E-state index contributed by atoms with van der Waals surface area (Å²) in [6.45, 7) is 0. The Hall–Kier alpha value is -19.1. The van der Waals surface area contributed by atoms with E-state index in [1.54, 1.807) is 0 Å². The van der Waals surface area contributed by atoms with Crippen LogP contribution in [0.25, 0.3) is 295 Å². The average Bonchev–Trinajstić information content (AvgIpc) is 1.53. The Kier molecular flexibility index (Phi) is 17.7. The SMILES string of the molecule is c1cc(-c2ccc3c(c2)c2cc4ccccc4cc2c2nc4ccccc4n32)cc(-c2cccc3c2sc2ccccc23)c1.c1ccc(-n2c3ccccc3c3cc(-c4ccc(-c5ccc6c(c5)c5cc7ccccc7cc5c5nc7ccccc7n65)cc4)ccc32)cc1.c1ccc(-n2c3ccccc3c3ccc4c5ccccc5n(-c5ccc6c(c5)c5cc7ccccc7cc5c5nc7ccccc7n65)c4c32)cc1. The predicted octanol–water partition coefficient (Wildman–Crippen LogP) is 36.2. The minimum absolute atomic E-state index is 0.989. The molecule has 0 saturated heterocycles. The van der Waals surface area contributed by atoms with E-state index in [9.17, 15) is 0 Å². The van der Waals surface area contributed by atoms with Gasteiger partial charge in [0.2, 0.25) is 0 Å². The highest BCUT2D eigenvalue weighted by molar-refractivity contribution is 7.26. The summed E-state index contributed by atoms with van der Waals surface area (Å²) in [4.78, 5) is 15.5. The third kappa shape index (κ3) is 12.4. The van der Waals surface area contributed by atoms with Gasteiger partial charge >= 0.3 is 0 Å². The number of fused-ring (bicyclic) bond motifs is 40. The molecule has 0 unspecified atom stereocenters. The summed E-state index contributed by atoms with van der Waals surface area (Å²) < 4.78 is 17.0. The number of nitrogens with zero attached hydrogens (tertiary/aromatic N) is 9. The molecule has 9 nitrogen and oxygen atoms in total. The largest absolute Gasteiger partial charge is 0.309 e. The molecule has 0 saturated carbocycles. The van der Waals surface area contributed by atoms with Gasteiger partial charge in [0.1, 0.15) is 16.9 Å². The maximum absolute atomic E-state index is 5.20. The van der Waals surface area contributed by atoms with Crippen LogP contribution in [-0.4, -0.2) is 41.9 Å². The van der Waals surface area contributed by atoms with Gasteiger partial charge in [0.15, 0.2) is 0 Å². The molecule has 10 heteroatoms. The third-order valence-electron chi connectivity index (χ3n) is 30.5. The van der Waals surface area contributed by atoms with E-state index >= 15 is 0 Å². The number of pyridine rings is 3. The lowest BCUT2D eigenvalue weighted by molar-refractivity contribution is 1.15. The number of benzene rings is 23. The molecular formula is C135H81N9S. The average molecular weight is 1860 g/mol. The number of hydrogen-bond donors (Lipinski definition) is 0. The van der Waals surface area contributed by atoms with E-state index in [1.165, 1.54) is 222 Å². The first-order valence-corrected chi connectivity index (χ1v) is 50.4. The summed E-state index contributed by atoms with van der Waals surface area (Å²) in [5, 5.41) is 28.4. The lowest BCUT2D eigenvalue weighted by atomic mass is 9.95. The second kappa shape index (κ2) is 31.7. The van der Waals surface area contributed by atoms with E-state index in [-0.39, 0.29) is 0 Å². The molecule has 33 rings (SSSR count). The van der Waals surface area contributed by atoms with E-state index in [4.69, 9.17) is 15.0 Å². The fourth-order valence-corrected chi connectivity index (χ4v) is 25.2. The van der Waals surface area contributed by atoms with Crippen LogP contribution in [0, 0.1) is 0 Å². The Bertz CT molecular complexity index is 11300. The fraction of sp³-hybridized carbons (Fsp3) is 0. The van der Waals surface area contributed by atoms with Crippen molar-refractivity contribution in [3.05, 3.63) is 491 Å². The number of aromatic nitrogens is 9. The van der Waals surface area contributed by atoms with Gasteiger partial charge in [-0.3, -0.25) is 13.2 Å². The van der Waals surface area contributed by atoms with Crippen molar-refractivity contribution in [3.8, 4) is 61.6 Å². The van der Waals surface area contributed by atoms with Gasteiger partial charge in [-0.2, -0.15) is 0 Å². The first-order valence-electron chi connectivity index (χ1n) is 49.6. The standard InChI is InChI=1S/C47H28N4.C47H29N3.C41H24N2S/c1-2-14-31(15-3-1)49-41-19-9-6-16-33(41)35-23-24-36-34-17-7-10-20-42(34)50(46(36)45(35)49)32-22-25-43-38(28-32)37-26-29-12-4-5-13-30(29)27-39(37)47-48-40-18-8-11-21-44(40)51(43)47;1-2-12-36(13-3-1)49-43-16-8-6-14-37(43)39-27-34(22-24-44(39)49)30-18-20-31(21-19-30)35-23-25-45-40(28-35)38-26-32-10-4-5-11-33(32)29-41(38)47-48-42-15-7-9-17-46(42)50(45)47;1-2-10-27-24-35-33(22-26(27)9-1)34-23-28(19-20-37(34)43-38-17-5-4-16-36(38)42-41(35)43)25-11-7-12-29(21-25)30-14-8-15-32-31-13-3-6-18-39(31)44-40(30)32/h1-28H;1-29H;1-24H. The number of rotatable bonds is 7. The Morgan fingerprint density at radius 2 is 0.476 bits per heavy atom.